The summed E-state index contributed by atoms with van der Waals surface area (Å²) in [5.74, 6) is -2.29. The maximum absolute atomic E-state index is 12.2. The van der Waals surface area contributed by atoms with Crippen LogP contribution in [0.2, 0.25) is 0 Å². The topological polar surface area (TPSA) is 115 Å². The molecule has 10 heteroatoms. The Kier molecular flexibility index (Phi) is 4.22. The van der Waals surface area contributed by atoms with Gasteiger partial charge in [-0.15, -0.1) is 11.8 Å². The average molecular weight is 376 g/mol. The number of aliphatic hydroxyl groups is 1. The predicted molar refractivity (Wildman–Crippen MR) is 87.4 cm³/mol. The fraction of sp³-hybridized carbons (Fsp3) is 0.714. The zero-order chi connectivity index (χ0) is 18.0. The van der Waals surface area contributed by atoms with Crippen LogP contribution < -0.4 is 0 Å². The van der Waals surface area contributed by atoms with E-state index in [1.54, 1.807) is 0 Å². The minimum absolute atomic E-state index is 0.0165. The number of hydrogen-bond acceptors (Lipinski definition) is 6. The first-order chi connectivity index (χ1) is 11.0. The Labute approximate surface area is 144 Å². The summed E-state index contributed by atoms with van der Waals surface area (Å²) in [6.45, 7) is 4.06. The first-order valence-electron chi connectivity index (χ1n) is 7.64. The second-order valence-electron chi connectivity index (χ2n) is 6.59. The van der Waals surface area contributed by atoms with E-state index in [2.05, 4.69) is 0 Å². The summed E-state index contributed by atoms with van der Waals surface area (Å²) >= 11 is 1.34. The van der Waals surface area contributed by atoms with E-state index >= 15 is 0 Å². The molecule has 0 bridgehead atoms. The Hall–Kier alpha value is -1.10. The Morgan fingerprint density at radius 2 is 1.96 bits per heavy atom. The molecule has 3 aliphatic heterocycles. The van der Waals surface area contributed by atoms with Gasteiger partial charge in [-0.3, -0.25) is 4.79 Å². The molecule has 0 aliphatic carbocycles. The van der Waals surface area contributed by atoms with E-state index in [0.717, 1.165) is 6.26 Å². The van der Waals surface area contributed by atoms with Crippen LogP contribution in [-0.2, 0) is 19.6 Å². The molecule has 3 rings (SSSR count). The van der Waals surface area contributed by atoms with Gasteiger partial charge in [0.25, 0.3) is 0 Å². The average Bonchev–Trinajstić information content (AvgIpc) is 2.61. The molecule has 0 aromatic heterocycles. The lowest BCUT2D eigenvalue weighted by atomic mass is 9.79. The molecule has 2 saturated heterocycles. The highest BCUT2D eigenvalue weighted by molar-refractivity contribution is 8.04. The van der Waals surface area contributed by atoms with Crippen molar-refractivity contribution in [1.29, 1.82) is 0 Å². The molecule has 0 aromatic carbocycles. The van der Waals surface area contributed by atoms with Crippen molar-refractivity contribution in [3.05, 3.63) is 10.6 Å². The number of aliphatic hydroxyl groups excluding tert-OH is 1. The predicted octanol–water partition coefficient (Wildman–Crippen LogP) is -0.483. The molecule has 0 radical (unpaired) electrons. The van der Waals surface area contributed by atoms with Crippen molar-refractivity contribution in [3.63, 3.8) is 0 Å². The van der Waals surface area contributed by atoms with Crippen LogP contribution >= 0.6 is 11.8 Å². The Morgan fingerprint density at radius 1 is 1.38 bits per heavy atom. The van der Waals surface area contributed by atoms with E-state index in [1.807, 2.05) is 6.92 Å². The van der Waals surface area contributed by atoms with Crippen LogP contribution in [0.5, 0.6) is 0 Å². The van der Waals surface area contributed by atoms with Gasteiger partial charge in [-0.1, -0.05) is 6.92 Å². The van der Waals surface area contributed by atoms with Crippen LogP contribution in [0.1, 0.15) is 13.8 Å². The molecule has 0 unspecified atom stereocenters. The van der Waals surface area contributed by atoms with Crippen LogP contribution in [-0.4, -0.2) is 76.5 Å². The molecule has 2 N–H and O–H groups in total. The van der Waals surface area contributed by atoms with Gasteiger partial charge in [0, 0.05) is 29.2 Å². The number of carboxylic acids is 1. The highest BCUT2D eigenvalue weighted by Gasteiger charge is 2.60. The number of carbonyl (C=O) groups is 2. The van der Waals surface area contributed by atoms with Crippen molar-refractivity contribution in [2.24, 2.45) is 11.8 Å². The standard InChI is InChI=1S/C14H20N2O6S2/c1-6-10-9(7(2)17)13(18)16(10)11(14(19)20)12(6)23-8-4-15(5-8)24(3,21)22/h6-10,17H,4-5H2,1-3H3,(H,19,20)/t6-,7-,9-,10-/m1/s1. The smallest absolute Gasteiger partial charge is 0.353 e. The van der Waals surface area contributed by atoms with Gasteiger partial charge in [0.2, 0.25) is 15.9 Å². The minimum atomic E-state index is -3.22. The third kappa shape index (κ3) is 2.56. The van der Waals surface area contributed by atoms with Gasteiger partial charge < -0.3 is 15.1 Å². The summed E-state index contributed by atoms with van der Waals surface area (Å²) < 4.78 is 24.2. The molecule has 4 atom stereocenters. The molecule has 1 amide bonds. The molecule has 3 heterocycles. The van der Waals surface area contributed by atoms with Crippen molar-refractivity contribution >= 4 is 33.7 Å². The summed E-state index contributed by atoms with van der Waals surface area (Å²) in [7, 11) is -3.22. The number of β-lactam (4-membered cyclic amide) rings is 1. The van der Waals surface area contributed by atoms with E-state index in [1.165, 1.54) is 27.9 Å². The lowest BCUT2D eigenvalue weighted by Gasteiger charge is -2.46. The molecule has 0 aromatic rings. The number of sulfonamides is 1. The Bertz CT molecular complexity index is 726. The highest BCUT2D eigenvalue weighted by Crippen LogP contribution is 2.51. The van der Waals surface area contributed by atoms with Crippen molar-refractivity contribution in [1.82, 2.24) is 9.21 Å². The lowest BCUT2D eigenvalue weighted by Crippen LogP contribution is -2.63. The number of carbonyl (C=O) groups excluding carboxylic acids is 1. The third-order valence-corrected chi connectivity index (χ3v) is 7.58. The fourth-order valence-corrected chi connectivity index (χ4v) is 6.21. The van der Waals surface area contributed by atoms with Gasteiger partial charge in [0.05, 0.1) is 24.3 Å². The first kappa shape index (κ1) is 17.7. The number of aliphatic carboxylic acids is 1. The van der Waals surface area contributed by atoms with E-state index in [0.29, 0.717) is 18.0 Å². The van der Waals surface area contributed by atoms with Crippen molar-refractivity contribution < 1.29 is 28.2 Å². The van der Waals surface area contributed by atoms with Crippen molar-refractivity contribution in [2.75, 3.05) is 19.3 Å². The Morgan fingerprint density at radius 3 is 2.42 bits per heavy atom. The summed E-state index contributed by atoms with van der Waals surface area (Å²) in [4.78, 5) is 25.7. The van der Waals surface area contributed by atoms with Gasteiger partial charge in [0.15, 0.2) is 0 Å². The maximum Gasteiger partial charge on any atom is 0.353 e. The largest absolute Gasteiger partial charge is 0.477 e. The quantitative estimate of drug-likeness (QED) is 0.623. The Balaban J connectivity index is 1.80. The molecular weight excluding hydrogens is 356 g/mol. The first-order valence-corrected chi connectivity index (χ1v) is 10.4. The number of nitrogens with zero attached hydrogens (tertiary/aromatic N) is 2. The molecule has 24 heavy (non-hydrogen) atoms. The van der Waals surface area contributed by atoms with Gasteiger partial charge in [-0.2, -0.15) is 4.31 Å². The maximum atomic E-state index is 12.2. The van der Waals surface area contributed by atoms with E-state index in [-0.39, 0.29) is 28.8 Å². The number of rotatable bonds is 5. The van der Waals surface area contributed by atoms with Crippen molar-refractivity contribution in [2.45, 2.75) is 31.2 Å². The van der Waals surface area contributed by atoms with Crippen LogP contribution in [0.25, 0.3) is 0 Å². The SMILES string of the molecule is C[C@@H](O)[C@H]1C(=O)N2C(C(=O)O)=C(SC3CN(S(C)(=O)=O)C3)[C@H](C)[C@H]12. The highest BCUT2D eigenvalue weighted by atomic mass is 32.2. The molecule has 0 saturated carbocycles. The summed E-state index contributed by atoms with van der Waals surface area (Å²) in [5, 5.41) is 19.3. The molecular formula is C14H20N2O6S2. The van der Waals surface area contributed by atoms with Gasteiger partial charge in [-0.25, -0.2) is 13.2 Å². The molecule has 0 spiro atoms. The number of thioether (sulfide) groups is 1. The lowest BCUT2D eigenvalue weighted by molar-refractivity contribution is -0.163. The van der Waals surface area contributed by atoms with Crippen LogP contribution in [0, 0.1) is 11.8 Å². The van der Waals surface area contributed by atoms with Crippen LogP contribution in [0.3, 0.4) is 0 Å². The summed E-state index contributed by atoms with van der Waals surface area (Å²) in [6, 6.07) is -0.336. The molecule has 8 nitrogen and oxygen atoms in total. The number of hydrogen-bond donors (Lipinski definition) is 2. The molecule has 3 aliphatic rings. The molecule has 2 fully saturated rings. The van der Waals surface area contributed by atoms with Crippen LogP contribution in [0.4, 0.5) is 0 Å². The van der Waals surface area contributed by atoms with Gasteiger partial charge >= 0.3 is 5.97 Å². The minimum Gasteiger partial charge on any atom is -0.477 e. The summed E-state index contributed by atoms with van der Waals surface area (Å²) in [5.41, 5.74) is -0.0165. The second-order valence-corrected chi connectivity index (χ2v) is 9.92. The number of amides is 1. The second kappa shape index (κ2) is 5.72. The van der Waals surface area contributed by atoms with E-state index in [9.17, 15) is 28.2 Å². The zero-order valence-electron chi connectivity index (χ0n) is 13.5. The van der Waals surface area contributed by atoms with Gasteiger partial charge in [-0.05, 0) is 6.92 Å². The zero-order valence-corrected chi connectivity index (χ0v) is 15.2. The number of fused-ring (bicyclic) bond motifs is 1. The third-order valence-electron chi connectivity index (χ3n) is 4.89. The summed E-state index contributed by atoms with van der Waals surface area (Å²) in [6.07, 6.45) is 0.316. The van der Waals surface area contributed by atoms with E-state index < -0.39 is 28.0 Å². The number of carboxylic acid groups (broad SMARTS) is 1. The monoisotopic (exact) mass is 376 g/mol. The van der Waals surface area contributed by atoms with Crippen LogP contribution in [0.15, 0.2) is 10.6 Å². The van der Waals surface area contributed by atoms with Crippen molar-refractivity contribution in [3.8, 4) is 0 Å². The normalized spacial score (nSPS) is 32.4. The fourth-order valence-electron chi connectivity index (χ4n) is 3.60. The van der Waals surface area contributed by atoms with Gasteiger partial charge in [0.1, 0.15) is 5.70 Å². The molecule has 134 valence electrons. The van der Waals surface area contributed by atoms with E-state index in [4.69, 9.17) is 0 Å².